The number of aromatic nitrogens is 2. The number of carbonyl (C=O) groups excluding carboxylic acids is 1. The second kappa shape index (κ2) is 7.05. The highest BCUT2D eigenvalue weighted by Gasteiger charge is 2.34. The van der Waals surface area contributed by atoms with E-state index in [1.807, 2.05) is 27.7 Å². The first kappa shape index (κ1) is 18.4. The molecule has 1 aliphatic heterocycles. The van der Waals surface area contributed by atoms with Crippen LogP contribution in [-0.2, 0) is 4.74 Å². The predicted molar refractivity (Wildman–Crippen MR) is 94.1 cm³/mol. The molecule has 3 rings (SSSR count). The van der Waals surface area contributed by atoms with E-state index in [4.69, 9.17) is 9.26 Å². The maximum absolute atomic E-state index is 13.1. The van der Waals surface area contributed by atoms with Crippen LogP contribution in [0.5, 0.6) is 0 Å². The Morgan fingerprint density at radius 1 is 1.27 bits per heavy atom. The van der Waals surface area contributed by atoms with Crippen molar-refractivity contribution in [3.8, 4) is 11.5 Å². The van der Waals surface area contributed by atoms with Gasteiger partial charge in [0.15, 0.2) is 5.82 Å². The molecule has 0 spiro atoms. The normalized spacial score (nSPS) is 20.9. The molecule has 0 aliphatic carbocycles. The summed E-state index contributed by atoms with van der Waals surface area (Å²) < 4.78 is 23.9. The minimum atomic E-state index is -0.536. The third-order valence-corrected chi connectivity index (χ3v) is 4.41. The molecule has 2 atom stereocenters. The average Bonchev–Trinajstić information content (AvgIpc) is 3.04. The van der Waals surface area contributed by atoms with Gasteiger partial charge in [-0.05, 0) is 64.8 Å². The summed E-state index contributed by atoms with van der Waals surface area (Å²) in [5.74, 6) is 0.576. The molecule has 1 aliphatic rings. The van der Waals surface area contributed by atoms with Crippen molar-refractivity contribution in [2.75, 3.05) is 6.54 Å². The molecule has 1 saturated heterocycles. The van der Waals surface area contributed by atoms with E-state index in [0.29, 0.717) is 23.8 Å². The Hall–Kier alpha value is -2.44. The lowest BCUT2D eigenvalue weighted by Gasteiger charge is -2.37. The number of halogens is 1. The standard InChI is InChI=1S/C19H24FN3O3/c1-12-5-6-14(11-23(12)18(24)25-19(2,3)4)16-21-17(26-22-16)13-7-9-15(20)10-8-13/h7-10,12,14H,5-6,11H2,1-4H3/t12-,14+/m1/s1. The maximum atomic E-state index is 13.1. The maximum Gasteiger partial charge on any atom is 0.410 e. The second-order valence-electron chi connectivity index (χ2n) is 7.72. The zero-order valence-corrected chi connectivity index (χ0v) is 15.5. The largest absolute Gasteiger partial charge is 0.444 e. The van der Waals surface area contributed by atoms with Gasteiger partial charge in [0, 0.05) is 24.1 Å². The van der Waals surface area contributed by atoms with Crippen LogP contribution in [0.3, 0.4) is 0 Å². The van der Waals surface area contributed by atoms with Crippen molar-refractivity contribution in [1.82, 2.24) is 15.0 Å². The molecule has 0 unspecified atom stereocenters. The van der Waals surface area contributed by atoms with E-state index in [-0.39, 0.29) is 23.9 Å². The summed E-state index contributed by atoms with van der Waals surface area (Å²) in [7, 11) is 0. The van der Waals surface area contributed by atoms with Gasteiger partial charge in [0.2, 0.25) is 0 Å². The van der Waals surface area contributed by atoms with Crippen LogP contribution in [0.4, 0.5) is 9.18 Å². The number of piperidine rings is 1. The molecule has 7 heteroatoms. The van der Waals surface area contributed by atoms with Crippen LogP contribution in [0.15, 0.2) is 28.8 Å². The molecule has 1 aromatic carbocycles. The van der Waals surface area contributed by atoms with Crippen molar-refractivity contribution in [3.63, 3.8) is 0 Å². The highest BCUT2D eigenvalue weighted by Crippen LogP contribution is 2.31. The zero-order valence-electron chi connectivity index (χ0n) is 15.5. The van der Waals surface area contributed by atoms with Crippen LogP contribution in [0.25, 0.3) is 11.5 Å². The number of hydrogen-bond acceptors (Lipinski definition) is 5. The summed E-state index contributed by atoms with van der Waals surface area (Å²) in [5, 5.41) is 4.07. The molecule has 1 amide bonds. The van der Waals surface area contributed by atoms with Crippen molar-refractivity contribution in [3.05, 3.63) is 35.9 Å². The second-order valence-corrected chi connectivity index (χ2v) is 7.72. The van der Waals surface area contributed by atoms with Gasteiger partial charge in [0.1, 0.15) is 11.4 Å². The highest BCUT2D eigenvalue weighted by molar-refractivity contribution is 5.68. The Bertz CT molecular complexity index is 767. The van der Waals surface area contributed by atoms with Gasteiger partial charge in [-0.25, -0.2) is 9.18 Å². The summed E-state index contributed by atoms with van der Waals surface area (Å²) >= 11 is 0. The fourth-order valence-corrected chi connectivity index (χ4v) is 3.00. The van der Waals surface area contributed by atoms with E-state index < -0.39 is 5.60 Å². The van der Waals surface area contributed by atoms with Crippen molar-refractivity contribution < 1.29 is 18.4 Å². The molecule has 140 valence electrons. The van der Waals surface area contributed by atoms with Gasteiger partial charge >= 0.3 is 6.09 Å². The van der Waals surface area contributed by atoms with Crippen molar-refractivity contribution in [1.29, 1.82) is 0 Å². The Labute approximate surface area is 152 Å². The Kier molecular flexibility index (Phi) is 4.98. The van der Waals surface area contributed by atoms with E-state index in [2.05, 4.69) is 10.1 Å². The summed E-state index contributed by atoms with van der Waals surface area (Å²) in [4.78, 5) is 18.6. The van der Waals surface area contributed by atoms with E-state index in [1.54, 1.807) is 17.0 Å². The number of hydrogen-bond donors (Lipinski definition) is 0. The lowest BCUT2D eigenvalue weighted by Crippen LogP contribution is -2.47. The molecule has 6 nitrogen and oxygen atoms in total. The summed E-state index contributed by atoms with van der Waals surface area (Å²) in [6, 6.07) is 6.01. The summed E-state index contributed by atoms with van der Waals surface area (Å²) in [6.07, 6.45) is 1.38. The number of rotatable bonds is 2. The fourth-order valence-electron chi connectivity index (χ4n) is 3.00. The molecule has 2 aromatic rings. The number of nitrogens with zero attached hydrogens (tertiary/aromatic N) is 3. The molecule has 1 fully saturated rings. The van der Waals surface area contributed by atoms with Crippen molar-refractivity contribution in [2.24, 2.45) is 0 Å². The molecule has 2 heterocycles. The summed E-state index contributed by atoms with van der Waals surface area (Å²) in [5.41, 5.74) is 0.129. The number of ether oxygens (including phenoxy) is 1. The van der Waals surface area contributed by atoms with Crippen LogP contribution < -0.4 is 0 Å². The minimum absolute atomic E-state index is 0.0170. The molecular weight excluding hydrogens is 337 g/mol. The van der Waals surface area contributed by atoms with Crippen molar-refractivity contribution >= 4 is 6.09 Å². The van der Waals surface area contributed by atoms with Gasteiger partial charge in [-0.3, -0.25) is 0 Å². The van der Waals surface area contributed by atoms with Crippen LogP contribution in [0, 0.1) is 5.82 Å². The lowest BCUT2D eigenvalue weighted by molar-refractivity contribution is 0.00928. The number of carbonyl (C=O) groups is 1. The first-order chi connectivity index (χ1) is 12.2. The van der Waals surface area contributed by atoms with Crippen molar-refractivity contribution in [2.45, 2.75) is 58.1 Å². The van der Waals surface area contributed by atoms with E-state index in [0.717, 1.165) is 12.8 Å². The van der Waals surface area contributed by atoms with Gasteiger partial charge in [-0.15, -0.1) is 0 Å². The molecule has 0 N–H and O–H groups in total. The van der Waals surface area contributed by atoms with Crippen LogP contribution >= 0.6 is 0 Å². The molecule has 26 heavy (non-hydrogen) atoms. The number of amides is 1. The Balaban J connectivity index is 1.73. The van der Waals surface area contributed by atoms with Gasteiger partial charge in [-0.2, -0.15) is 4.98 Å². The topological polar surface area (TPSA) is 68.5 Å². The zero-order chi connectivity index (χ0) is 18.9. The fraction of sp³-hybridized carbons (Fsp3) is 0.526. The molecule has 0 bridgehead atoms. The predicted octanol–water partition coefficient (Wildman–Crippen LogP) is 4.38. The van der Waals surface area contributed by atoms with E-state index in [9.17, 15) is 9.18 Å². The van der Waals surface area contributed by atoms with Crippen LogP contribution in [0.2, 0.25) is 0 Å². The third-order valence-electron chi connectivity index (χ3n) is 4.41. The quantitative estimate of drug-likeness (QED) is 0.794. The Morgan fingerprint density at radius 2 is 1.96 bits per heavy atom. The first-order valence-corrected chi connectivity index (χ1v) is 8.82. The third kappa shape index (κ3) is 4.20. The van der Waals surface area contributed by atoms with Gasteiger partial charge < -0.3 is 14.2 Å². The smallest absolute Gasteiger partial charge is 0.410 e. The number of likely N-dealkylation sites (tertiary alicyclic amines) is 1. The molecule has 0 radical (unpaired) electrons. The monoisotopic (exact) mass is 361 g/mol. The molecule has 0 saturated carbocycles. The van der Waals surface area contributed by atoms with Gasteiger partial charge in [-0.1, -0.05) is 5.16 Å². The van der Waals surface area contributed by atoms with E-state index >= 15 is 0 Å². The average molecular weight is 361 g/mol. The van der Waals surface area contributed by atoms with Gasteiger partial charge in [0.05, 0.1) is 0 Å². The highest BCUT2D eigenvalue weighted by atomic mass is 19.1. The van der Waals surface area contributed by atoms with Gasteiger partial charge in [0.25, 0.3) is 5.89 Å². The van der Waals surface area contributed by atoms with E-state index in [1.165, 1.54) is 12.1 Å². The van der Waals surface area contributed by atoms with Crippen LogP contribution in [0.1, 0.15) is 52.3 Å². The SMILES string of the molecule is C[C@@H]1CC[C@H](c2noc(-c3ccc(F)cc3)n2)CN1C(=O)OC(C)(C)C. The molecular formula is C19H24FN3O3. The molecule has 1 aromatic heterocycles. The first-order valence-electron chi connectivity index (χ1n) is 8.82. The van der Waals surface area contributed by atoms with Crippen LogP contribution in [-0.4, -0.2) is 39.3 Å². The summed E-state index contributed by atoms with van der Waals surface area (Å²) in [6.45, 7) is 8.06. The lowest BCUT2D eigenvalue weighted by atomic mass is 9.93. The Morgan fingerprint density at radius 3 is 2.62 bits per heavy atom. The number of benzene rings is 1. The minimum Gasteiger partial charge on any atom is -0.444 e.